The van der Waals surface area contributed by atoms with Gasteiger partial charge in [0.15, 0.2) is 11.5 Å². The number of methoxy groups -OCH3 is 1. The minimum absolute atomic E-state index is 0.251. The van der Waals surface area contributed by atoms with Crippen molar-refractivity contribution in [2.75, 3.05) is 60.0 Å². The first-order valence-corrected chi connectivity index (χ1v) is 11.6. The fourth-order valence-corrected chi connectivity index (χ4v) is 4.04. The quantitative estimate of drug-likeness (QED) is 0.574. The van der Waals surface area contributed by atoms with Crippen LogP contribution in [-0.2, 0) is 13.1 Å². The molecule has 1 fully saturated rings. The van der Waals surface area contributed by atoms with Crippen LogP contribution in [-0.4, -0.2) is 90.9 Å². The van der Waals surface area contributed by atoms with Crippen LogP contribution in [0.1, 0.15) is 24.5 Å². The zero-order valence-electron chi connectivity index (χ0n) is 19.7. The summed E-state index contributed by atoms with van der Waals surface area (Å²) in [4.78, 5) is 11.1. The first-order valence-electron chi connectivity index (χ1n) is 11.6. The molecule has 32 heavy (non-hydrogen) atoms. The number of benzene rings is 1. The molecular formula is C25H38N4O3. The van der Waals surface area contributed by atoms with Gasteiger partial charge in [-0.15, -0.1) is 0 Å². The van der Waals surface area contributed by atoms with Crippen LogP contribution >= 0.6 is 0 Å². The second-order valence-corrected chi connectivity index (χ2v) is 8.57. The first-order chi connectivity index (χ1) is 15.6. The van der Waals surface area contributed by atoms with Crippen LogP contribution in [0.25, 0.3) is 0 Å². The molecular weight excluding hydrogens is 404 g/mol. The van der Waals surface area contributed by atoms with E-state index in [4.69, 9.17) is 9.47 Å². The number of ether oxygens (including phenoxy) is 2. The Balaban J connectivity index is 1.56. The highest BCUT2D eigenvalue weighted by molar-refractivity contribution is 5.43. The van der Waals surface area contributed by atoms with Crippen LogP contribution in [0.15, 0.2) is 42.7 Å². The molecule has 0 spiro atoms. The van der Waals surface area contributed by atoms with E-state index in [1.807, 2.05) is 24.5 Å². The molecule has 0 amide bonds. The van der Waals surface area contributed by atoms with Gasteiger partial charge in [-0.3, -0.25) is 14.8 Å². The number of rotatable bonds is 11. The summed E-state index contributed by atoms with van der Waals surface area (Å²) in [7, 11) is 3.80. The Morgan fingerprint density at radius 3 is 2.56 bits per heavy atom. The highest BCUT2D eigenvalue weighted by Gasteiger charge is 2.17. The molecule has 7 heteroatoms. The number of hydrogen-bond donors (Lipinski definition) is 1. The lowest BCUT2D eigenvalue weighted by molar-refractivity contribution is 0.0685. The average molecular weight is 443 g/mol. The third-order valence-electron chi connectivity index (χ3n) is 5.95. The molecule has 1 N–H and O–H groups in total. The third-order valence-corrected chi connectivity index (χ3v) is 5.95. The fourth-order valence-electron chi connectivity index (χ4n) is 4.04. The van der Waals surface area contributed by atoms with Gasteiger partial charge in [0.05, 0.1) is 7.11 Å². The molecule has 0 radical (unpaired) electrons. The van der Waals surface area contributed by atoms with Crippen molar-refractivity contribution < 1.29 is 14.6 Å². The van der Waals surface area contributed by atoms with Crippen molar-refractivity contribution in [1.82, 2.24) is 19.7 Å². The smallest absolute Gasteiger partial charge is 0.161 e. The van der Waals surface area contributed by atoms with Gasteiger partial charge in [-0.05, 0) is 68.5 Å². The average Bonchev–Trinajstić information content (AvgIpc) is 3.01. The van der Waals surface area contributed by atoms with Crippen LogP contribution < -0.4 is 9.47 Å². The Morgan fingerprint density at radius 1 is 1.03 bits per heavy atom. The highest BCUT2D eigenvalue weighted by atomic mass is 16.5. The highest BCUT2D eigenvalue weighted by Crippen LogP contribution is 2.29. The van der Waals surface area contributed by atoms with Gasteiger partial charge in [0, 0.05) is 45.1 Å². The number of aromatic nitrogens is 1. The van der Waals surface area contributed by atoms with Gasteiger partial charge in [-0.1, -0.05) is 13.0 Å². The summed E-state index contributed by atoms with van der Waals surface area (Å²) in [5, 5.41) is 10.6. The second-order valence-electron chi connectivity index (χ2n) is 8.57. The molecule has 0 bridgehead atoms. The molecule has 0 saturated carbocycles. The molecule has 2 heterocycles. The summed E-state index contributed by atoms with van der Waals surface area (Å²) in [6.07, 6.45) is 4.26. The van der Waals surface area contributed by atoms with Gasteiger partial charge < -0.3 is 19.5 Å². The van der Waals surface area contributed by atoms with Crippen molar-refractivity contribution in [3.05, 3.63) is 53.9 Å². The lowest BCUT2D eigenvalue weighted by Gasteiger charge is -2.24. The molecule has 1 aliphatic heterocycles. The van der Waals surface area contributed by atoms with E-state index in [-0.39, 0.29) is 6.61 Å². The lowest BCUT2D eigenvalue weighted by Crippen LogP contribution is -2.37. The molecule has 1 aromatic heterocycles. The molecule has 1 aromatic carbocycles. The maximum Gasteiger partial charge on any atom is 0.161 e. The number of nitrogens with zero attached hydrogens (tertiary/aromatic N) is 4. The molecule has 1 aliphatic rings. The summed E-state index contributed by atoms with van der Waals surface area (Å²) in [5.41, 5.74) is 2.40. The van der Waals surface area contributed by atoms with Gasteiger partial charge in [0.2, 0.25) is 0 Å². The van der Waals surface area contributed by atoms with Crippen molar-refractivity contribution in [1.29, 1.82) is 0 Å². The van der Waals surface area contributed by atoms with E-state index in [1.54, 1.807) is 7.11 Å². The summed E-state index contributed by atoms with van der Waals surface area (Å²) >= 11 is 0. The fraction of sp³-hybridized carbons (Fsp3) is 0.560. The largest absolute Gasteiger partial charge is 0.493 e. The minimum Gasteiger partial charge on any atom is -0.493 e. The predicted molar refractivity (Wildman–Crippen MR) is 127 cm³/mol. The van der Waals surface area contributed by atoms with E-state index in [0.717, 1.165) is 57.8 Å². The normalized spacial score (nSPS) is 16.7. The van der Waals surface area contributed by atoms with Gasteiger partial charge >= 0.3 is 0 Å². The Kier molecular flexibility index (Phi) is 9.74. The number of aliphatic hydroxyl groups excluding tert-OH is 1. The van der Waals surface area contributed by atoms with Crippen LogP contribution in [0.4, 0.5) is 0 Å². The molecule has 1 saturated heterocycles. The predicted octanol–water partition coefficient (Wildman–Crippen LogP) is 2.49. The SMILES string of the molecule is CCN(Cc1ccncc1)Cc1ccc(OC)c(OC[C@H](O)CN2CCCN(C)CC2)c1. The minimum atomic E-state index is -0.536. The first kappa shape index (κ1) is 24.5. The van der Waals surface area contributed by atoms with Crippen molar-refractivity contribution in [3.63, 3.8) is 0 Å². The van der Waals surface area contributed by atoms with E-state index in [2.05, 4.69) is 51.9 Å². The number of aliphatic hydroxyl groups is 1. The topological polar surface area (TPSA) is 61.3 Å². The Bertz CT molecular complexity index is 805. The molecule has 1 atom stereocenters. The van der Waals surface area contributed by atoms with Crippen molar-refractivity contribution in [2.24, 2.45) is 0 Å². The maximum atomic E-state index is 10.6. The van der Waals surface area contributed by atoms with Crippen molar-refractivity contribution >= 4 is 0 Å². The molecule has 3 rings (SSSR count). The van der Waals surface area contributed by atoms with E-state index in [9.17, 15) is 5.11 Å². The summed E-state index contributed by atoms with van der Waals surface area (Å²) in [6.45, 7) is 9.81. The van der Waals surface area contributed by atoms with Crippen LogP contribution in [0.2, 0.25) is 0 Å². The van der Waals surface area contributed by atoms with Crippen molar-refractivity contribution in [3.8, 4) is 11.5 Å². The van der Waals surface area contributed by atoms with Gasteiger partial charge in [0.1, 0.15) is 12.7 Å². The van der Waals surface area contributed by atoms with E-state index < -0.39 is 6.10 Å². The Morgan fingerprint density at radius 2 is 1.81 bits per heavy atom. The monoisotopic (exact) mass is 442 g/mol. The zero-order chi connectivity index (χ0) is 22.8. The van der Waals surface area contributed by atoms with Gasteiger partial charge in [0.25, 0.3) is 0 Å². The van der Waals surface area contributed by atoms with Crippen molar-refractivity contribution in [2.45, 2.75) is 32.5 Å². The molecule has 7 nitrogen and oxygen atoms in total. The number of hydrogen-bond acceptors (Lipinski definition) is 7. The summed E-state index contributed by atoms with van der Waals surface area (Å²) in [5.74, 6) is 1.37. The van der Waals surface area contributed by atoms with Crippen LogP contribution in [0.3, 0.4) is 0 Å². The van der Waals surface area contributed by atoms with Gasteiger partial charge in [-0.25, -0.2) is 0 Å². The second kappa shape index (κ2) is 12.7. The van der Waals surface area contributed by atoms with Crippen LogP contribution in [0.5, 0.6) is 11.5 Å². The number of likely N-dealkylation sites (N-methyl/N-ethyl adjacent to an activating group) is 1. The molecule has 0 unspecified atom stereocenters. The Hall–Kier alpha value is -2.19. The number of β-amino-alcohol motifs (C(OH)–C–C–N with tert-alkyl or cyclic N) is 1. The maximum absolute atomic E-state index is 10.6. The lowest BCUT2D eigenvalue weighted by atomic mass is 10.1. The van der Waals surface area contributed by atoms with Gasteiger partial charge in [-0.2, -0.15) is 0 Å². The molecule has 176 valence electrons. The van der Waals surface area contributed by atoms with Crippen LogP contribution in [0, 0.1) is 0 Å². The summed E-state index contributed by atoms with van der Waals surface area (Å²) in [6, 6.07) is 10.2. The molecule has 2 aromatic rings. The molecule has 0 aliphatic carbocycles. The zero-order valence-corrected chi connectivity index (χ0v) is 19.7. The standard InChI is InChI=1S/C25H38N4O3/c1-4-28(17-21-8-10-26-11-9-21)18-22-6-7-24(31-3)25(16-22)32-20-23(30)19-29-13-5-12-27(2)14-15-29/h6-11,16,23,30H,4-5,12-15,17-20H2,1-3H3/t23-/m1/s1. The number of pyridine rings is 1. The third kappa shape index (κ3) is 7.74. The van der Waals surface area contributed by atoms with E-state index >= 15 is 0 Å². The Labute approximate surface area is 192 Å². The van der Waals surface area contributed by atoms with E-state index in [0.29, 0.717) is 18.0 Å². The van der Waals surface area contributed by atoms with E-state index in [1.165, 1.54) is 5.56 Å². The summed E-state index contributed by atoms with van der Waals surface area (Å²) < 4.78 is 11.5.